The van der Waals surface area contributed by atoms with Crippen LogP contribution in [0.5, 0.6) is 0 Å². The first-order chi connectivity index (χ1) is 11.1. The third-order valence-corrected chi connectivity index (χ3v) is 3.23. The lowest BCUT2D eigenvalue weighted by Gasteiger charge is -2.10. The summed E-state index contributed by atoms with van der Waals surface area (Å²) < 4.78 is 9.88. The maximum absolute atomic E-state index is 11.0. The van der Waals surface area contributed by atoms with Crippen molar-refractivity contribution >= 4 is 35.9 Å². The summed E-state index contributed by atoms with van der Waals surface area (Å²) in [6.07, 6.45) is 2.11. The lowest BCUT2D eigenvalue weighted by atomic mass is 10.1. The van der Waals surface area contributed by atoms with Crippen molar-refractivity contribution in [2.75, 3.05) is 20.2 Å². The van der Waals surface area contributed by atoms with E-state index in [0.717, 1.165) is 43.3 Å². The Kier molecular flexibility index (Phi) is 12.3. The van der Waals surface area contributed by atoms with Gasteiger partial charge in [0.25, 0.3) is 0 Å². The predicted molar refractivity (Wildman–Crippen MR) is 105 cm³/mol. The highest BCUT2D eigenvalue weighted by atomic mass is 127. The average Bonchev–Trinajstić information content (AvgIpc) is 3.01. The number of aliphatic imine (C=N–C) groups is 1. The van der Waals surface area contributed by atoms with E-state index in [1.54, 1.807) is 0 Å². The van der Waals surface area contributed by atoms with E-state index in [4.69, 9.17) is 4.52 Å². The number of unbranched alkanes of at least 4 members (excludes halogenated alkanes) is 1. The molecule has 0 amide bonds. The normalized spacial score (nSPS) is 11.1. The van der Waals surface area contributed by atoms with E-state index in [2.05, 4.69) is 39.4 Å². The minimum atomic E-state index is -0.170. The number of hydrogen-bond acceptors (Lipinski definition) is 5. The van der Waals surface area contributed by atoms with Crippen molar-refractivity contribution in [1.82, 2.24) is 15.8 Å². The summed E-state index contributed by atoms with van der Waals surface area (Å²) in [5.41, 5.74) is 0.941. The van der Waals surface area contributed by atoms with Crippen LogP contribution in [0.1, 0.15) is 57.4 Å². The van der Waals surface area contributed by atoms with E-state index in [9.17, 15) is 4.79 Å². The van der Waals surface area contributed by atoms with Gasteiger partial charge in [0.05, 0.1) is 12.8 Å². The predicted octanol–water partition coefficient (Wildman–Crippen LogP) is 2.81. The third-order valence-electron chi connectivity index (χ3n) is 3.23. The summed E-state index contributed by atoms with van der Waals surface area (Å²) in [5.74, 6) is 1.65. The molecule has 0 radical (unpaired) electrons. The molecule has 1 aromatic rings. The molecule has 138 valence electrons. The fourth-order valence-electron chi connectivity index (χ4n) is 1.88. The summed E-state index contributed by atoms with van der Waals surface area (Å²) in [4.78, 5) is 15.5. The van der Waals surface area contributed by atoms with Crippen LogP contribution in [-0.2, 0) is 16.1 Å². The third kappa shape index (κ3) is 9.09. The molecular weight excluding hydrogens is 423 g/mol. The zero-order chi connectivity index (χ0) is 17.1. The minimum Gasteiger partial charge on any atom is -0.469 e. The van der Waals surface area contributed by atoms with Crippen molar-refractivity contribution in [1.29, 1.82) is 0 Å². The Balaban J connectivity index is 0.00000529. The number of esters is 1. The Labute approximate surface area is 161 Å². The molecule has 0 aliphatic carbocycles. The van der Waals surface area contributed by atoms with Gasteiger partial charge in [0, 0.05) is 25.6 Å². The van der Waals surface area contributed by atoms with Gasteiger partial charge in [-0.2, -0.15) is 0 Å². The van der Waals surface area contributed by atoms with E-state index in [1.165, 1.54) is 7.11 Å². The van der Waals surface area contributed by atoms with Crippen LogP contribution in [0.25, 0.3) is 0 Å². The number of carbonyl (C=O) groups is 1. The molecular formula is C16H29IN4O3. The first-order valence-corrected chi connectivity index (χ1v) is 8.11. The molecule has 7 nitrogen and oxygen atoms in total. The van der Waals surface area contributed by atoms with Crippen LogP contribution in [-0.4, -0.2) is 37.3 Å². The van der Waals surface area contributed by atoms with Gasteiger partial charge in [-0.3, -0.25) is 4.79 Å². The minimum absolute atomic E-state index is 0. The molecule has 0 aliphatic rings. The second kappa shape index (κ2) is 13.0. The molecule has 0 unspecified atom stereocenters. The summed E-state index contributed by atoms with van der Waals surface area (Å²) >= 11 is 0. The topological polar surface area (TPSA) is 88.8 Å². The second-order valence-electron chi connectivity index (χ2n) is 5.53. The Morgan fingerprint density at radius 2 is 2.12 bits per heavy atom. The highest BCUT2D eigenvalue weighted by molar-refractivity contribution is 14.0. The fourth-order valence-corrected chi connectivity index (χ4v) is 1.88. The number of nitrogens with zero attached hydrogens (tertiary/aromatic N) is 2. The number of guanidine groups is 1. The van der Waals surface area contributed by atoms with Crippen molar-refractivity contribution in [3.63, 3.8) is 0 Å². The fraction of sp³-hybridized carbons (Fsp3) is 0.688. The molecule has 0 saturated carbocycles. The lowest BCUT2D eigenvalue weighted by molar-refractivity contribution is -0.140. The molecule has 1 aromatic heterocycles. The van der Waals surface area contributed by atoms with E-state index >= 15 is 0 Å². The number of nitrogens with one attached hydrogen (secondary N) is 2. The van der Waals surface area contributed by atoms with Crippen LogP contribution in [0.15, 0.2) is 15.6 Å². The quantitative estimate of drug-likeness (QED) is 0.197. The van der Waals surface area contributed by atoms with Crippen molar-refractivity contribution in [2.45, 2.75) is 52.5 Å². The van der Waals surface area contributed by atoms with Crippen LogP contribution >= 0.6 is 24.0 Å². The molecule has 1 heterocycles. The number of halogens is 1. The standard InChI is InChI=1S/C16H28N4O3.HI/c1-5-17-16(18-9-7-6-8-15(21)22-4)19-11-13-10-14(12(2)3)20-23-13;/h10,12H,5-9,11H2,1-4H3,(H2,17,18,19);1H. The Bertz CT molecular complexity index is 503. The van der Waals surface area contributed by atoms with Gasteiger partial charge in [-0.1, -0.05) is 19.0 Å². The van der Waals surface area contributed by atoms with Gasteiger partial charge < -0.3 is 19.9 Å². The van der Waals surface area contributed by atoms with Gasteiger partial charge in [0.15, 0.2) is 11.7 Å². The number of methoxy groups -OCH3 is 1. The van der Waals surface area contributed by atoms with E-state index in [0.29, 0.717) is 18.9 Å². The first kappa shape index (κ1) is 22.7. The van der Waals surface area contributed by atoms with Gasteiger partial charge in [-0.15, -0.1) is 24.0 Å². The number of carbonyl (C=O) groups excluding carboxylic acids is 1. The Hall–Kier alpha value is -1.32. The van der Waals surface area contributed by atoms with E-state index in [-0.39, 0.29) is 29.9 Å². The van der Waals surface area contributed by atoms with Gasteiger partial charge in [-0.25, -0.2) is 4.99 Å². The second-order valence-corrected chi connectivity index (χ2v) is 5.53. The van der Waals surface area contributed by atoms with E-state index in [1.807, 2.05) is 13.0 Å². The zero-order valence-electron chi connectivity index (χ0n) is 14.9. The molecule has 8 heteroatoms. The SMILES string of the molecule is CCNC(=NCc1cc(C(C)C)no1)NCCCCC(=O)OC.I. The molecule has 0 bridgehead atoms. The molecule has 0 spiro atoms. The molecule has 0 aliphatic heterocycles. The summed E-state index contributed by atoms with van der Waals surface area (Å²) in [6, 6.07) is 1.94. The molecule has 1 rings (SSSR count). The molecule has 0 aromatic carbocycles. The van der Waals surface area contributed by atoms with Crippen LogP contribution in [0, 0.1) is 0 Å². The maximum atomic E-state index is 11.0. The van der Waals surface area contributed by atoms with Gasteiger partial charge in [0.2, 0.25) is 0 Å². The lowest BCUT2D eigenvalue weighted by Crippen LogP contribution is -2.37. The highest BCUT2D eigenvalue weighted by Crippen LogP contribution is 2.14. The number of rotatable bonds is 9. The first-order valence-electron chi connectivity index (χ1n) is 8.11. The van der Waals surface area contributed by atoms with Crippen molar-refractivity contribution < 1.29 is 14.1 Å². The van der Waals surface area contributed by atoms with Gasteiger partial charge in [0.1, 0.15) is 6.54 Å². The van der Waals surface area contributed by atoms with Crippen LogP contribution < -0.4 is 10.6 Å². The summed E-state index contributed by atoms with van der Waals surface area (Å²) in [6.45, 7) is 8.13. The Morgan fingerprint density at radius 1 is 1.38 bits per heavy atom. The highest BCUT2D eigenvalue weighted by Gasteiger charge is 2.07. The van der Waals surface area contributed by atoms with Crippen LogP contribution in [0.3, 0.4) is 0 Å². The molecule has 0 saturated heterocycles. The molecule has 0 atom stereocenters. The van der Waals surface area contributed by atoms with Crippen LogP contribution in [0.4, 0.5) is 0 Å². The number of ether oxygens (including phenoxy) is 1. The molecule has 0 fully saturated rings. The van der Waals surface area contributed by atoms with Crippen molar-refractivity contribution in [3.05, 3.63) is 17.5 Å². The van der Waals surface area contributed by atoms with Gasteiger partial charge >= 0.3 is 5.97 Å². The zero-order valence-corrected chi connectivity index (χ0v) is 17.3. The van der Waals surface area contributed by atoms with E-state index < -0.39 is 0 Å². The largest absolute Gasteiger partial charge is 0.469 e. The van der Waals surface area contributed by atoms with Gasteiger partial charge in [-0.05, 0) is 25.7 Å². The maximum Gasteiger partial charge on any atom is 0.305 e. The van der Waals surface area contributed by atoms with Crippen molar-refractivity contribution in [2.24, 2.45) is 4.99 Å². The number of hydrogen-bond donors (Lipinski definition) is 2. The smallest absolute Gasteiger partial charge is 0.305 e. The Morgan fingerprint density at radius 3 is 2.71 bits per heavy atom. The monoisotopic (exact) mass is 452 g/mol. The number of aromatic nitrogens is 1. The summed E-state index contributed by atoms with van der Waals surface area (Å²) in [7, 11) is 1.41. The average molecular weight is 452 g/mol. The summed E-state index contributed by atoms with van der Waals surface area (Å²) in [5, 5.41) is 10.4. The molecule has 2 N–H and O–H groups in total. The molecule has 24 heavy (non-hydrogen) atoms. The van der Waals surface area contributed by atoms with Crippen LogP contribution in [0.2, 0.25) is 0 Å². The van der Waals surface area contributed by atoms with Crippen molar-refractivity contribution in [3.8, 4) is 0 Å².